The van der Waals surface area contributed by atoms with E-state index in [-0.39, 0.29) is 11.3 Å². The van der Waals surface area contributed by atoms with Crippen LogP contribution in [0.2, 0.25) is 0 Å². The summed E-state index contributed by atoms with van der Waals surface area (Å²) >= 11 is 1.86. The second kappa shape index (κ2) is 6.98. The summed E-state index contributed by atoms with van der Waals surface area (Å²) in [5, 5.41) is 0.217. The van der Waals surface area contributed by atoms with Crippen LogP contribution in [0.15, 0.2) is 41.5 Å². The molecule has 2 rings (SSSR count). The van der Waals surface area contributed by atoms with Crippen LogP contribution < -0.4 is 0 Å². The maximum absolute atomic E-state index is 12.3. The summed E-state index contributed by atoms with van der Waals surface area (Å²) < 4.78 is 0. The van der Waals surface area contributed by atoms with Crippen LogP contribution in [-0.4, -0.2) is 22.7 Å². The van der Waals surface area contributed by atoms with Gasteiger partial charge in [0.25, 0.3) is 5.91 Å². The first-order chi connectivity index (χ1) is 9.65. The number of unbranched alkanes of at least 4 members (excludes halogenated alkanes) is 1. The quantitative estimate of drug-likeness (QED) is 0.781. The Bertz CT molecular complexity index is 495. The van der Waals surface area contributed by atoms with Crippen LogP contribution in [0.1, 0.15) is 39.2 Å². The first kappa shape index (κ1) is 15.2. The number of amides is 1. The van der Waals surface area contributed by atoms with Crippen molar-refractivity contribution in [3.8, 4) is 0 Å². The minimum absolute atomic E-state index is 0.217. The molecular weight excluding hydrogens is 266 g/mol. The molecule has 20 heavy (non-hydrogen) atoms. The topological polar surface area (TPSA) is 20.3 Å². The molecule has 1 aliphatic heterocycles. The Labute approximate surface area is 126 Å². The van der Waals surface area contributed by atoms with Gasteiger partial charge in [-0.1, -0.05) is 43.7 Å². The van der Waals surface area contributed by atoms with Gasteiger partial charge in [0.1, 0.15) is 5.37 Å². The molecule has 0 aromatic heterocycles. The molecular formula is C17H23NOS. The molecule has 2 nitrogen and oxygen atoms in total. The molecule has 0 spiro atoms. The number of benzene rings is 1. The van der Waals surface area contributed by atoms with Gasteiger partial charge in [0, 0.05) is 17.9 Å². The molecule has 0 unspecified atom stereocenters. The van der Waals surface area contributed by atoms with Crippen molar-refractivity contribution >= 4 is 17.7 Å². The van der Waals surface area contributed by atoms with E-state index in [1.165, 1.54) is 11.1 Å². The molecule has 3 heteroatoms. The van der Waals surface area contributed by atoms with Crippen molar-refractivity contribution in [1.29, 1.82) is 0 Å². The SMILES string of the molecule is CCCCN1C(=O)C(C)=C(C)[C@H]1SCc1ccccc1. The fourth-order valence-electron chi connectivity index (χ4n) is 2.42. The summed E-state index contributed by atoms with van der Waals surface area (Å²) in [4.78, 5) is 14.3. The van der Waals surface area contributed by atoms with Crippen LogP contribution in [0.5, 0.6) is 0 Å². The molecule has 1 amide bonds. The van der Waals surface area contributed by atoms with Crippen LogP contribution in [0.25, 0.3) is 0 Å². The Hall–Kier alpha value is -1.22. The van der Waals surface area contributed by atoms with E-state index in [0.717, 1.165) is 30.7 Å². The number of carbonyl (C=O) groups is 1. The van der Waals surface area contributed by atoms with Gasteiger partial charge in [0.05, 0.1) is 0 Å². The average Bonchev–Trinajstić information content (AvgIpc) is 2.68. The summed E-state index contributed by atoms with van der Waals surface area (Å²) in [5.41, 5.74) is 3.48. The Morgan fingerprint density at radius 2 is 1.90 bits per heavy atom. The molecule has 1 atom stereocenters. The molecule has 0 radical (unpaired) electrons. The predicted octanol–water partition coefficient (Wildman–Crippen LogP) is 4.22. The van der Waals surface area contributed by atoms with E-state index in [1.807, 2.05) is 29.7 Å². The highest BCUT2D eigenvalue weighted by molar-refractivity contribution is 7.99. The van der Waals surface area contributed by atoms with Gasteiger partial charge in [-0.05, 0) is 31.4 Å². The van der Waals surface area contributed by atoms with Crippen molar-refractivity contribution in [3.63, 3.8) is 0 Å². The van der Waals surface area contributed by atoms with E-state index in [1.54, 1.807) is 0 Å². The largest absolute Gasteiger partial charge is 0.323 e. The zero-order chi connectivity index (χ0) is 14.5. The summed E-state index contributed by atoms with van der Waals surface area (Å²) in [5.74, 6) is 1.17. The lowest BCUT2D eigenvalue weighted by Crippen LogP contribution is -2.34. The minimum Gasteiger partial charge on any atom is -0.323 e. The lowest BCUT2D eigenvalue weighted by atomic mass is 10.2. The summed E-state index contributed by atoms with van der Waals surface area (Å²) in [6.07, 6.45) is 2.20. The lowest BCUT2D eigenvalue weighted by Gasteiger charge is -2.26. The number of nitrogens with zero attached hydrogens (tertiary/aromatic N) is 1. The summed E-state index contributed by atoms with van der Waals surface area (Å²) in [6.45, 7) is 7.10. The Morgan fingerprint density at radius 3 is 2.55 bits per heavy atom. The van der Waals surface area contributed by atoms with Crippen molar-refractivity contribution in [1.82, 2.24) is 4.90 Å². The van der Waals surface area contributed by atoms with Crippen LogP contribution in [0.3, 0.4) is 0 Å². The maximum atomic E-state index is 12.3. The van der Waals surface area contributed by atoms with Gasteiger partial charge in [-0.25, -0.2) is 0 Å². The molecule has 0 bridgehead atoms. The van der Waals surface area contributed by atoms with Crippen molar-refractivity contribution < 1.29 is 4.79 Å². The molecule has 1 aliphatic rings. The third-order valence-electron chi connectivity index (χ3n) is 3.83. The fourth-order valence-corrected chi connectivity index (χ4v) is 3.77. The second-order valence-corrected chi connectivity index (χ2v) is 6.38. The van der Waals surface area contributed by atoms with Gasteiger partial charge >= 0.3 is 0 Å². The molecule has 1 aromatic carbocycles. The molecule has 0 saturated carbocycles. The predicted molar refractivity (Wildman–Crippen MR) is 86.5 cm³/mol. The van der Waals surface area contributed by atoms with Crippen molar-refractivity contribution in [2.75, 3.05) is 6.54 Å². The van der Waals surface area contributed by atoms with Crippen LogP contribution in [-0.2, 0) is 10.5 Å². The van der Waals surface area contributed by atoms with Crippen LogP contribution in [0.4, 0.5) is 0 Å². The van der Waals surface area contributed by atoms with Crippen molar-refractivity contribution in [2.45, 2.75) is 44.7 Å². The number of carbonyl (C=O) groups excluding carboxylic acids is 1. The third kappa shape index (κ3) is 3.26. The smallest absolute Gasteiger partial charge is 0.250 e. The Kier molecular flexibility index (Phi) is 5.30. The molecule has 1 heterocycles. The molecule has 0 saturated heterocycles. The highest BCUT2D eigenvalue weighted by Gasteiger charge is 2.34. The zero-order valence-electron chi connectivity index (χ0n) is 12.6. The first-order valence-corrected chi connectivity index (χ1v) is 8.34. The van der Waals surface area contributed by atoms with Crippen molar-refractivity contribution in [2.24, 2.45) is 0 Å². The van der Waals surface area contributed by atoms with Gasteiger partial charge in [0.15, 0.2) is 0 Å². The highest BCUT2D eigenvalue weighted by atomic mass is 32.2. The van der Waals surface area contributed by atoms with Crippen LogP contribution in [0, 0.1) is 0 Å². The van der Waals surface area contributed by atoms with Gasteiger partial charge in [-0.2, -0.15) is 0 Å². The monoisotopic (exact) mass is 289 g/mol. The molecule has 0 N–H and O–H groups in total. The van der Waals surface area contributed by atoms with Crippen LogP contribution >= 0.6 is 11.8 Å². The van der Waals surface area contributed by atoms with E-state index >= 15 is 0 Å². The van der Waals surface area contributed by atoms with E-state index in [0.29, 0.717) is 0 Å². The van der Waals surface area contributed by atoms with Crippen molar-refractivity contribution in [3.05, 3.63) is 47.0 Å². The lowest BCUT2D eigenvalue weighted by molar-refractivity contribution is -0.125. The summed E-state index contributed by atoms with van der Waals surface area (Å²) in [7, 11) is 0. The fraction of sp³-hybridized carbons (Fsp3) is 0.471. The number of hydrogen-bond acceptors (Lipinski definition) is 2. The van der Waals surface area contributed by atoms with Gasteiger partial charge in [0.2, 0.25) is 0 Å². The molecule has 0 fully saturated rings. The van der Waals surface area contributed by atoms with Gasteiger partial charge in [-0.3, -0.25) is 4.79 Å². The Balaban J connectivity index is 2.04. The van der Waals surface area contributed by atoms with Gasteiger partial charge in [-0.15, -0.1) is 11.8 Å². The molecule has 108 valence electrons. The molecule has 1 aromatic rings. The van der Waals surface area contributed by atoms with Gasteiger partial charge < -0.3 is 4.90 Å². The first-order valence-electron chi connectivity index (χ1n) is 7.29. The Morgan fingerprint density at radius 1 is 1.20 bits per heavy atom. The third-order valence-corrected chi connectivity index (χ3v) is 5.25. The minimum atomic E-state index is 0.217. The number of thioether (sulfide) groups is 1. The van der Waals surface area contributed by atoms with E-state index in [9.17, 15) is 4.79 Å². The average molecular weight is 289 g/mol. The normalized spacial score (nSPS) is 19.1. The number of hydrogen-bond donors (Lipinski definition) is 0. The van der Waals surface area contributed by atoms with E-state index in [4.69, 9.17) is 0 Å². The highest BCUT2D eigenvalue weighted by Crippen LogP contribution is 2.34. The number of rotatable bonds is 6. The summed E-state index contributed by atoms with van der Waals surface area (Å²) in [6, 6.07) is 10.5. The second-order valence-electron chi connectivity index (χ2n) is 5.31. The van der Waals surface area contributed by atoms with E-state index in [2.05, 4.69) is 38.1 Å². The zero-order valence-corrected chi connectivity index (χ0v) is 13.4. The standard InChI is InChI=1S/C17H23NOS/c1-4-5-11-18-16(19)13(2)14(3)17(18)20-12-15-9-7-6-8-10-15/h6-10,17H,4-5,11-12H2,1-3H3/t17-/m1/s1. The maximum Gasteiger partial charge on any atom is 0.250 e. The van der Waals surface area contributed by atoms with E-state index < -0.39 is 0 Å². The molecule has 0 aliphatic carbocycles.